The van der Waals surface area contributed by atoms with E-state index in [1.165, 1.54) is 0 Å². The van der Waals surface area contributed by atoms with E-state index >= 15 is 0 Å². The number of aromatic hydroxyl groups is 4. The molecule has 2 aromatic carbocycles. The minimum absolute atomic E-state index is 0. The summed E-state index contributed by atoms with van der Waals surface area (Å²) in [5.74, 6) is -3.98. The number of carbonyl (C=O) groups is 2. The Morgan fingerprint density at radius 1 is 0.773 bits per heavy atom. The van der Waals surface area contributed by atoms with Gasteiger partial charge in [0.15, 0.2) is 0 Å². The Bertz CT molecular complexity index is 672. The van der Waals surface area contributed by atoms with E-state index in [4.69, 9.17) is 0 Å². The molecule has 0 bridgehead atoms. The van der Waals surface area contributed by atoms with Gasteiger partial charge in [0.2, 0.25) is 0 Å². The van der Waals surface area contributed by atoms with Gasteiger partial charge in [-0.15, -0.1) is 0 Å². The fourth-order valence-electron chi connectivity index (χ4n) is 1.57. The Hall–Kier alpha value is -1.58. The normalized spacial score (nSPS) is 9.64. The van der Waals surface area contributed by atoms with Gasteiger partial charge in [0, 0.05) is 0 Å². The molecule has 0 fully saturated rings. The van der Waals surface area contributed by atoms with Crippen LogP contribution in [-0.4, -0.2) is 32.4 Å². The third-order valence-corrected chi connectivity index (χ3v) is 2.59. The van der Waals surface area contributed by atoms with Crippen molar-refractivity contribution in [1.29, 1.82) is 0 Å². The fraction of sp³-hybridized carbons (Fsp3) is 0. The summed E-state index contributed by atoms with van der Waals surface area (Å²) in [6.07, 6.45) is 0. The number of phenolic OH excluding ortho intramolecular Hbond substituents is 4. The summed E-state index contributed by atoms with van der Waals surface area (Å²) in [4.78, 5) is 23.5. The van der Waals surface area contributed by atoms with Crippen molar-refractivity contribution in [3.63, 3.8) is 0 Å². The monoisotopic (exact) mass is 330 g/mol. The molecule has 2 rings (SSSR count). The molecule has 0 aliphatic carbocycles. The molecule has 0 aliphatic rings. The smallest absolute Gasteiger partial charge is 1.00 e. The first-order chi connectivity index (χ1) is 9.88. The Morgan fingerprint density at radius 3 is 1.50 bits per heavy atom. The Morgan fingerprint density at radius 2 is 1.14 bits per heavy atom. The van der Waals surface area contributed by atoms with Gasteiger partial charge in [-0.3, -0.25) is 0 Å². The summed E-state index contributed by atoms with van der Waals surface area (Å²) in [6, 6.07) is 6.26. The van der Waals surface area contributed by atoms with E-state index in [-0.39, 0.29) is 64.3 Å². The van der Waals surface area contributed by atoms with Crippen molar-refractivity contribution in [3.05, 3.63) is 47.5 Å². The number of benzene rings is 2. The summed E-state index contributed by atoms with van der Waals surface area (Å²) >= 11 is 0. The van der Waals surface area contributed by atoms with Crippen molar-refractivity contribution in [2.45, 2.75) is 0 Å². The second kappa shape index (κ2) is 7.61. The van der Waals surface area contributed by atoms with Gasteiger partial charge in [-0.2, -0.15) is 0 Å². The molecule has 0 amide bonds. The maximum Gasteiger partial charge on any atom is 1.00 e. The third-order valence-electron chi connectivity index (χ3n) is 2.59. The second-order valence-electron chi connectivity index (χ2n) is 4.08. The minimum atomic E-state index is -1.21. The zero-order valence-corrected chi connectivity index (χ0v) is 14.6. The molecule has 0 aromatic heterocycles. The Balaban J connectivity index is 0.00000242. The number of rotatable bonds is 2. The van der Waals surface area contributed by atoms with Crippen LogP contribution < -0.4 is 51.4 Å². The fourth-order valence-corrected chi connectivity index (χ4v) is 1.57. The molecule has 0 saturated heterocycles. The standard InChI is InChI=1S/C14H10O7.K.H/c15-7-1-3-11(17)9(5-7)13(19)21-14(20)10-6-8(16)2-4-12(10)18;;/h1-6,15-18H;;/q;+1;-1. The summed E-state index contributed by atoms with van der Waals surface area (Å²) in [5, 5.41) is 37.4. The van der Waals surface area contributed by atoms with E-state index in [0.29, 0.717) is 0 Å². The largest absolute Gasteiger partial charge is 1.00 e. The molecule has 0 aliphatic heterocycles. The molecule has 2 aromatic rings. The molecule has 0 atom stereocenters. The number of phenols is 4. The molecule has 22 heavy (non-hydrogen) atoms. The van der Waals surface area contributed by atoms with E-state index in [2.05, 4.69) is 4.74 Å². The second-order valence-corrected chi connectivity index (χ2v) is 4.08. The van der Waals surface area contributed by atoms with Crippen molar-refractivity contribution >= 4 is 11.9 Å². The zero-order chi connectivity index (χ0) is 15.6. The molecule has 8 heteroatoms. The summed E-state index contributed by atoms with van der Waals surface area (Å²) < 4.78 is 4.47. The van der Waals surface area contributed by atoms with E-state index < -0.39 is 34.6 Å². The van der Waals surface area contributed by atoms with Crippen LogP contribution in [0.2, 0.25) is 0 Å². The Labute approximate surface area is 168 Å². The van der Waals surface area contributed by atoms with Crippen LogP contribution in [0.1, 0.15) is 22.1 Å². The molecule has 0 saturated carbocycles. The first kappa shape index (κ1) is 18.5. The molecular weight excluding hydrogens is 319 g/mol. The van der Waals surface area contributed by atoms with Crippen molar-refractivity contribution < 1.29 is 87.6 Å². The van der Waals surface area contributed by atoms with Gasteiger partial charge in [-0.05, 0) is 36.4 Å². The third kappa shape index (κ3) is 4.21. The molecule has 4 N–H and O–H groups in total. The summed E-state index contributed by atoms with van der Waals surface area (Å²) in [5.41, 5.74) is -0.828. The van der Waals surface area contributed by atoms with Crippen molar-refractivity contribution in [2.24, 2.45) is 0 Å². The molecule has 7 nitrogen and oxygen atoms in total. The van der Waals surface area contributed by atoms with Crippen molar-refractivity contribution in [3.8, 4) is 23.0 Å². The first-order valence-corrected chi connectivity index (χ1v) is 5.69. The topological polar surface area (TPSA) is 124 Å². The maximum atomic E-state index is 11.7. The quantitative estimate of drug-likeness (QED) is 0.232. The van der Waals surface area contributed by atoms with Gasteiger partial charge >= 0.3 is 63.3 Å². The van der Waals surface area contributed by atoms with Crippen LogP contribution in [0.15, 0.2) is 36.4 Å². The van der Waals surface area contributed by atoms with Crippen LogP contribution in [0, 0.1) is 0 Å². The maximum absolute atomic E-state index is 11.7. The average Bonchev–Trinajstić information content (AvgIpc) is 2.43. The zero-order valence-electron chi connectivity index (χ0n) is 12.5. The van der Waals surface area contributed by atoms with Gasteiger partial charge in [0.1, 0.15) is 34.1 Å². The molecule has 0 heterocycles. The molecule has 0 spiro atoms. The number of hydrogen-bond acceptors (Lipinski definition) is 7. The van der Waals surface area contributed by atoms with Gasteiger partial charge in [0.05, 0.1) is 0 Å². The van der Waals surface area contributed by atoms with E-state index in [0.717, 1.165) is 36.4 Å². The van der Waals surface area contributed by atoms with Crippen LogP contribution in [0.3, 0.4) is 0 Å². The number of ether oxygens (including phenoxy) is 1. The van der Waals surface area contributed by atoms with Crippen LogP contribution in [0.4, 0.5) is 0 Å². The van der Waals surface area contributed by atoms with Crippen molar-refractivity contribution in [1.82, 2.24) is 0 Å². The predicted molar refractivity (Wildman–Crippen MR) is 70.4 cm³/mol. The van der Waals surface area contributed by atoms with E-state index in [1.807, 2.05) is 0 Å². The van der Waals surface area contributed by atoms with Crippen molar-refractivity contribution in [2.75, 3.05) is 0 Å². The van der Waals surface area contributed by atoms with Gasteiger partial charge < -0.3 is 26.6 Å². The molecular formula is C14H11KO7. The SMILES string of the molecule is O=C(OC(=O)c1cc(O)ccc1O)c1cc(O)ccc1O.[H-].[K+]. The van der Waals surface area contributed by atoms with Gasteiger partial charge in [0.25, 0.3) is 0 Å². The molecule has 110 valence electrons. The number of hydrogen-bond donors (Lipinski definition) is 4. The summed E-state index contributed by atoms with van der Waals surface area (Å²) in [6.45, 7) is 0. The van der Waals surface area contributed by atoms with Crippen LogP contribution >= 0.6 is 0 Å². The minimum Gasteiger partial charge on any atom is -1.00 e. The summed E-state index contributed by atoms with van der Waals surface area (Å²) in [7, 11) is 0. The first-order valence-electron chi connectivity index (χ1n) is 5.69. The van der Waals surface area contributed by atoms with Gasteiger partial charge in [-0.25, -0.2) is 9.59 Å². The van der Waals surface area contributed by atoms with Crippen LogP contribution in [0.5, 0.6) is 23.0 Å². The Kier molecular flexibility index (Phi) is 6.39. The predicted octanol–water partition coefficient (Wildman–Crippen LogP) is -1.38. The molecule has 0 unspecified atom stereocenters. The number of esters is 2. The average molecular weight is 330 g/mol. The molecule has 0 radical (unpaired) electrons. The van der Waals surface area contributed by atoms with Crippen LogP contribution in [-0.2, 0) is 4.74 Å². The number of carbonyl (C=O) groups excluding carboxylic acids is 2. The van der Waals surface area contributed by atoms with Crippen LogP contribution in [0.25, 0.3) is 0 Å². The van der Waals surface area contributed by atoms with E-state index in [1.54, 1.807) is 0 Å². The van der Waals surface area contributed by atoms with E-state index in [9.17, 15) is 30.0 Å². The van der Waals surface area contributed by atoms with Gasteiger partial charge in [-0.1, -0.05) is 0 Å².